The van der Waals surface area contributed by atoms with Gasteiger partial charge in [-0.1, -0.05) is 26.0 Å². The van der Waals surface area contributed by atoms with Crippen molar-refractivity contribution in [3.63, 3.8) is 0 Å². The fourth-order valence-corrected chi connectivity index (χ4v) is 5.50. The van der Waals surface area contributed by atoms with Crippen molar-refractivity contribution in [3.8, 4) is 28.6 Å². The number of carbonyl (C=O) groups excluding carboxylic acids is 1. The molecule has 0 spiro atoms. The lowest BCUT2D eigenvalue weighted by Gasteiger charge is -2.17. The number of carbonyl (C=O) groups is 1. The van der Waals surface area contributed by atoms with E-state index in [1.807, 2.05) is 81.4 Å². The monoisotopic (exact) mass is 606 g/mol. The average molecular weight is 607 g/mol. The largest absolute Gasteiger partial charge is 0.496 e. The Morgan fingerprint density at radius 3 is 2.33 bits per heavy atom. The van der Waals surface area contributed by atoms with Gasteiger partial charge < -0.3 is 18.8 Å². The van der Waals surface area contributed by atoms with Crippen LogP contribution in [0.15, 0.2) is 76.6 Å². The van der Waals surface area contributed by atoms with Gasteiger partial charge in [0.05, 0.1) is 31.3 Å². The van der Waals surface area contributed by atoms with Crippen molar-refractivity contribution in [3.05, 3.63) is 105 Å². The summed E-state index contributed by atoms with van der Waals surface area (Å²) < 4.78 is 19.6. The Hall–Kier alpha value is -5.18. The summed E-state index contributed by atoms with van der Waals surface area (Å²) in [6.07, 6.45) is 0.994. The number of aromatic nitrogens is 3. The third-order valence-electron chi connectivity index (χ3n) is 7.92. The molecule has 0 aliphatic carbocycles. The maximum absolute atomic E-state index is 13.9. The lowest BCUT2D eigenvalue weighted by molar-refractivity contribution is -0.147. The SMILES string of the molecule is COC(=O)[C@H](C)Oc1ccc(-n2c(C)cc(C=Nn3c(-c4cc(C(C)C)c(OC)cc4C)nc4ccccc4c3=O)c2C)cc1. The highest BCUT2D eigenvalue weighted by atomic mass is 16.6. The van der Waals surface area contributed by atoms with E-state index in [1.165, 1.54) is 11.8 Å². The van der Waals surface area contributed by atoms with Gasteiger partial charge in [0.15, 0.2) is 11.9 Å². The topological polar surface area (TPSA) is 96.9 Å². The van der Waals surface area contributed by atoms with E-state index in [2.05, 4.69) is 18.4 Å². The zero-order chi connectivity index (χ0) is 32.4. The maximum atomic E-state index is 13.9. The van der Waals surface area contributed by atoms with Crippen LogP contribution in [0, 0.1) is 20.8 Å². The van der Waals surface area contributed by atoms with Crippen LogP contribution < -0.4 is 15.0 Å². The Bertz CT molecular complexity index is 1970. The molecule has 5 aromatic rings. The van der Waals surface area contributed by atoms with Crippen LogP contribution in [0.1, 0.15) is 54.8 Å². The molecule has 0 fully saturated rings. The molecule has 2 aromatic heterocycles. The fourth-order valence-electron chi connectivity index (χ4n) is 5.50. The highest BCUT2D eigenvalue weighted by Gasteiger charge is 2.19. The minimum Gasteiger partial charge on any atom is -0.496 e. The van der Waals surface area contributed by atoms with Gasteiger partial charge in [-0.3, -0.25) is 4.79 Å². The molecular weight excluding hydrogens is 568 g/mol. The molecule has 0 radical (unpaired) electrons. The molecule has 0 amide bonds. The molecular formula is C36H38N4O5. The summed E-state index contributed by atoms with van der Waals surface area (Å²) in [4.78, 5) is 30.6. The molecule has 0 aliphatic heterocycles. The van der Waals surface area contributed by atoms with Gasteiger partial charge in [0.1, 0.15) is 11.5 Å². The number of hydrogen-bond donors (Lipinski definition) is 0. The molecule has 0 unspecified atom stereocenters. The summed E-state index contributed by atoms with van der Waals surface area (Å²) in [5, 5.41) is 5.24. The Labute approximate surface area is 262 Å². The van der Waals surface area contributed by atoms with E-state index >= 15 is 0 Å². The summed E-state index contributed by atoms with van der Waals surface area (Å²) in [6, 6.07) is 20.9. The molecule has 0 saturated carbocycles. The maximum Gasteiger partial charge on any atom is 0.346 e. The van der Waals surface area contributed by atoms with Gasteiger partial charge in [0.25, 0.3) is 5.56 Å². The third kappa shape index (κ3) is 6.11. The van der Waals surface area contributed by atoms with Crippen LogP contribution in [0.3, 0.4) is 0 Å². The van der Waals surface area contributed by atoms with Crippen LogP contribution in [-0.4, -0.2) is 46.7 Å². The molecule has 0 saturated heterocycles. The first-order valence-electron chi connectivity index (χ1n) is 14.8. The van der Waals surface area contributed by atoms with E-state index in [0.29, 0.717) is 22.5 Å². The van der Waals surface area contributed by atoms with Gasteiger partial charge in [-0.2, -0.15) is 9.78 Å². The van der Waals surface area contributed by atoms with E-state index in [4.69, 9.17) is 24.3 Å². The van der Waals surface area contributed by atoms with Gasteiger partial charge in [-0.05, 0) is 99.3 Å². The minimum absolute atomic E-state index is 0.200. The smallest absolute Gasteiger partial charge is 0.346 e. The second-order valence-electron chi connectivity index (χ2n) is 11.3. The Morgan fingerprint density at radius 2 is 1.67 bits per heavy atom. The summed E-state index contributed by atoms with van der Waals surface area (Å²) in [5.74, 6) is 1.58. The first-order valence-corrected chi connectivity index (χ1v) is 14.8. The van der Waals surface area contributed by atoms with Crippen LogP contribution in [0.5, 0.6) is 11.5 Å². The van der Waals surface area contributed by atoms with Crippen LogP contribution in [0.25, 0.3) is 28.0 Å². The summed E-state index contributed by atoms with van der Waals surface area (Å²) >= 11 is 0. The summed E-state index contributed by atoms with van der Waals surface area (Å²) in [6.45, 7) is 11.9. The average Bonchev–Trinajstić information content (AvgIpc) is 3.32. The van der Waals surface area contributed by atoms with E-state index in [1.54, 1.807) is 26.3 Å². The highest BCUT2D eigenvalue weighted by molar-refractivity contribution is 5.84. The quantitative estimate of drug-likeness (QED) is 0.136. The predicted octanol–water partition coefficient (Wildman–Crippen LogP) is 6.73. The minimum atomic E-state index is -0.713. The van der Waals surface area contributed by atoms with Crippen molar-refractivity contribution in [1.29, 1.82) is 0 Å². The molecule has 9 nitrogen and oxygen atoms in total. The number of benzene rings is 3. The van der Waals surface area contributed by atoms with E-state index in [0.717, 1.165) is 45.1 Å². The summed E-state index contributed by atoms with van der Waals surface area (Å²) in [5.41, 5.74) is 6.82. The fraction of sp³-hybridized carbons (Fsp3) is 0.278. The van der Waals surface area contributed by atoms with Gasteiger partial charge in [0, 0.05) is 28.2 Å². The van der Waals surface area contributed by atoms with Gasteiger partial charge in [-0.15, -0.1) is 0 Å². The Kier molecular flexibility index (Phi) is 8.90. The number of rotatable bonds is 9. The molecule has 45 heavy (non-hydrogen) atoms. The number of nitrogens with zero attached hydrogens (tertiary/aromatic N) is 4. The van der Waals surface area contributed by atoms with Crippen molar-refractivity contribution in [2.45, 2.75) is 53.6 Å². The highest BCUT2D eigenvalue weighted by Crippen LogP contribution is 2.34. The molecule has 9 heteroatoms. The number of hydrogen-bond acceptors (Lipinski definition) is 7. The number of para-hydroxylation sites is 1. The Morgan fingerprint density at radius 1 is 0.956 bits per heavy atom. The number of esters is 1. The van der Waals surface area contributed by atoms with E-state index in [9.17, 15) is 9.59 Å². The van der Waals surface area contributed by atoms with Crippen molar-refractivity contribution >= 4 is 23.1 Å². The third-order valence-corrected chi connectivity index (χ3v) is 7.92. The second-order valence-corrected chi connectivity index (χ2v) is 11.3. The number of fused-ring (bicyclic) bond motifs is 1. The van der Waals surface area contributed by atoms with Crippen molar-refractivity contribution in [2.24, 2.45) is 5.10 Å². The van der Waals surface area contributed by atoms with Gasteiger partial charge >= 0.3 is 5.97 Å². The zero-order valence-corrected chi connectivity index (χ0v) is 26.9. The van der Waals surface area contributed by atoms with Crippen molar-refractivity contribution in [2.75, 3.05) is 14.2 Å². The van der Waals surface area contributed by atoms with Gasteiger partial charge in [-0.25, -0.2) is 9.78 Å². The molecule has 2 heterocycles. The standard InChI is InChI=1S/C36H38N4O5/c1-21(2)30-19-31(22(3)17-33(30)43-7)34-38-32-12-10-9-11-29(32)35(41)40(34)37-20-26-18-23(4)39(24(26)5)27-13-15-28(16-14-27)45-25(6)36(42)44-8/h9-21,25H,1-8H3/t25-/m0/s1. The summed E-state index contributed by atoms with van der Waals surface area (Å²) in [7, 11) is 3.00. The number of methoxy groups -OCH3 is 2. The molecule has 0 aliphatic rings. The van der Waals surface area contributed by atoms with E-state index in [-0.39, 0.29) is 11.5 Å². The van der Waals surface area contributed by atoms with Crippen LogP contribution >= 0.6 is 0 Å². The lowest BCUT2D eigenvalue weighted by Crippen LogP contribution is -2.24. The molecule has 5 rings (SSSR count). The predicted molar refractivity (Wildman–Crippen MR) is 177 cm³/mol. The first kappa shape index (κ1) is 31.3. The molecule has 0 bridgehead atoms. The lowest BCUT2D eigenvalue weighted by atomic mass is 9.96. The number of ether oxygens (including phenoxy) is 3. The zero-order valence-electron chi connectivity index (χ0n) is 26.9. The Balaban J connectivity index is 1.58. The first-order chi connectivity index (χ1) is 21.5. The molecule has 0 N–H and O–H groups in total. The van der Waals surface area contributed by atoms with Crippen molar-refractivity contribution in [1.82, 2.24) is 14.2 Å². The molecule has 1 atom stereocenters. The molecule has 232 valence electrons. The van der Waals surface area contributed by atoms with Crippen LogP contribution in [-0.2, 0) is 9.53 Å². The van der Waals surface area contributed by atoms with Crippen LogP contribution in [0.4, 0.5) is 0 Å². The van der Waals surface area contributed by atoms with Gasteiger partial charge in [0.2, 0.25) is 0 Å². The van der Waals surface area contributed by atoms with E-state index < -0.39 is 12.1 Å². The van der Waals surface area contributed by atoms with Crippen LogP contribution in [0.2, 0.25) is 0 Å². The normalized spacial score (nSPS) is 12.2. The van der Waals surface area contributed by atoms with Crippen molar-refractivity contribution < 1.29 is 19.0 Å². The second kappa shape index (κ2) is 12.8. The number of aryl methyl sites for hydroxylation is 2. The molecule has 3 aromatic carbocycles.